The summed E-state index contributed by atoms with van der Waals surface area (Å²) in [5.74, 6) is 0.833. The summed E-state index contributed by atoms with van der Waals surface area (Å²) in [5, 5.41) is 0. The van der Waals surface area contributed by atoms with Crippen molar-refractivity contribution in [3.05, 3.63) is 66.8 Å². The molecule has 0 aliphatic rings. The summed E-state index contributed by atoms with van der Waals surface area (Å²) >= 11 is 4.69. The van der Waals surface area contributed by atoms with E-state index in [4.69, 9.17) is 9.47 Å². The molecule has 2 rings (SSSR count). The van der Waals surface area contributed by atoms with Gasteiger partial charge in [0.2, 0.25) is 0 Å². The summed E-state index contributed by atoms with van der Waals surface area (Å²) in [7, 11) is 0. The van der Waals surface area contributed by atoms with Gasteiger partial charge in [0.25, 0.3) is 0 Å². The van der Waals surface area contributed by atoms with Crippen LogP contribution in [0.4, 0.5) is 4.79 Å². The molecule has 5 heteroatoms. The van der Waals surface area contributed by atoms with Crippen LogP contribution in [0, 0.1) is 7.14 Å². The van der Waals surface area contributed by atoms with Crippen molar-refractivity contribution in [1.82, 2.24) is 0 Å². The molecule has 2 aromatic rings. The fraction of sp³-hybridized carbons (Fsp3) is 0.581. The average molecular weight is 718 g/mol. The van der Waals surface area contributed by atoms with Crippen molar-refractivity contribution < 1.29 is 14.3 Å². The van der Waals surface area contributed by atoms with Crippen LogP contribution in [-0.4, -0.2) is 19.4 Å². The Morgan fingerprint density at radius 2 is 1.00 bits per heavy atom. The van der Waals surface area contributed by atoms with Crippen LogP contribution in [-0.2, 0) is 9.47 Å². The van der Waals surface area contributed by atoms with Crippen molar-refractivity contribution >= 4 is 51.3 Å². The van der Waals surface area contributed by atoms with Crippen LogP contribution >= 0.6 is 45.2 Å². The zero-order valence-electron chi connectivity index (χ0n) is 22.2. The Balaban J connectivity index is 1.79. The normalized spacial score (nSPS) is 12.8. The average Bonchev–Trinajstić information content (AvgIpc) is 2.88. The van der Waals surface area contributed by atoms with E-state index in [2.05, 4.69) is 108 Å². The molecule has 36 heavy (non-hydrogen) atoms. The first-order chi connectivity index (χ1) is 17.5. The minimum Gasteiger partial charge on any atom is -0.434 e. The molecule has 2 unspecified atom stereocenters. The number of hydrogen-bond acceptors (Lipinski definition) is 3. The Hall–Kier alpha value is -0.830. The van der Waals surface area contributed by atoms with E-state index in [-0.39, 0.29) is 0 Å². The largest absolute Gasteiger partial charge is 0.508 e. The molecule has 2 atom stereocenters. The highest BCUT2D eigenvalue weighted by Gasteiger charge is 2.15. The van der Waals surface area contributed by atoms with Crippen LogP contribution in [0.2, 0.25) is 0 Å². The van der Waals surface area contributed by atoms with Crippen LogP contribution in [0.5, 0.6) is 0 Å². The number of ether oxygens (including phenoxy) is 2. The molecule has 0 saturated heterocycles. The van der Waals surface area contributed by atoms with Crippen molar-refractivity contribution in [2.75, 3.05) is 13.2 Å². The maximum atomic E-state index is 12.3. The zero-order chi connectivity index (χ0) is 26.0. The number of carbonyl (C=O) groups excluding carboxylic acids is 1. The fourth-order valence-electron chi connectivity index (χ4n) is 4.67. The number of halogens is 2. The molecule has 0 bridgehead atoms. The second kappa shape index (κ2) is 19.3. The third-order valence-corrected chi connectivity index (χ3v) is 8.31. The van der Waals surface area contributed by atoms with E-state index in [1.165, 1.54) is 69.6 Å². The lowest BCUT2D eigenvalue weighted by Crippen LogP contribution is -2.13. The van der Waals surface area contributed by atoms with E-state index in [0.717, 1.165) is 25.7 Å². The van der Waals surface area contributed by atoms with Crippen molar-refractivity contribution in [2.45, 2.75) is 103 Å². The molecule has 0 amide bonds. The summed E-state index contributed by atoms with van der Waals surface area (Å²) in [6.07, 6.45) is 13.4. The second-order valence-corrected chi connectivity index (χ2v) is 12.2. The highest BCUT2D eigenvalue weighted by Crippen LogP contribution is 2.28. The van der Waals surface area contributed by atoms with Gasteiger partial charge in [-0.15, -0.1) is 0 Å². The lowest BCUT2D eigenvalue weighted by Gasteiger charge is -2.19. The minimum atomic E-state index is -0.533. The summed E-state index contributed by atoms with van der Waals surface area (Å²) in [6.45, 7) is 5.29. The number of carbonyl (C=O) groups is 1. The maximum absolute atomic E-state index is 12.3. The highest BCUT2D eigenvalue weighted by atomic mass is 127. The SMILES string of the molecule is CCCCCCC(CCOC(=O)OCCC(CCCCCC)c1ccc(I)cc1)c1ccc(I)cc1. The summed E-state index contributed by atoms with van der Waals surface area (Å²) in [5.41, 5.74) is 2.68. The van der Waals surface area contributed by atoms with Gasteiger partial charge in [0.05, 0.1) is 13.2 Å². The number of benzene rings is 2. The van der Waals surface area contributed by atoms with Gasteiger partial charge in [0.1, 0.15) is 0 Å². The molecule has 0 aromatic heterocycles. The van der Waals surface area contributed by atoms with E-state index < -0.39 is 6.16 Å². The van der Waals surface area contributed by atoms with E-state index in [1.54, 1.807) is 0 Å². The van der Waals surface area contributed by atoms with Crippen LogP contribution in [0.15, 0.2) is 48.5 Å². The smallest absolute Gasteiger partial charge is 0.434 e. The topological polar surface area (TPSA) is 35.5 Å². The standard InChI is InChI=1S/C31H44I2O3/c1-3-5-7-9-11-25(27-13-17-29(32)18-14-27)21-23-35-31(34)36-24-22-26(12-10-8-6-4-2)28-15-19-30(33)20-16-28/h13-20,25-26H,3-12,21-24H2,1-2H3. The summed E-state index contributed by atoms with van der Waals surface area (Å²) < 4.78 is 13.5. The Morgan fingerprint density at radius 1 is 0.611 bits per heavy atom. The van der Waals surface area contributed by atoms with E-state index in [1.807, 2.05) is 0 Å². The first-order valence-corrected chi connectivity index (χ1v) is 16.0. The molecule has 0 aliphatic heterocycles. The van der Waals surface area contributed by atoms with Crippen molar-refractivity contribution in [3.8, 4) is 0 Å². The fourth-order valence-corrected chi connectivity index (χ4v) is 5.39. The molecule has 0 radical (unpaired) electrons. The highest BCUT2D eigenvalue weighted by molar-refractivity contribution is 14.1. The van der Waals surface area contributed by atoms with Crippen LogP contribution in [0.3, 0.4) is 0 Å². The van der Waals surface area contributed by atoms with Crippen molar-refractivity contribution in [1.29, 1.82) is 0 Å². The van der Waals surface area contributed by atoms with E-state index >= 15 is 0 Å². The molecular formula is C31H44I2O3. The van der Waals surface area contributed by atoms with Gasteiger partial charge in [0.15, 0.2) is 0 Å². The molecule has 200 valence electrons. The number of rotatable bonds is 18. The Labute approximate surface area is 246 Å². The lowest BCUT2D eigenvalue weighted by atomic mass is 9.90. The quantitative estimate of drug-likeness (QED) is 0.0875. The summed E-state index contributed by atoms with van der Waals surface area (Å²) in [6, 6.07) is 17.5. The molecule has 0 N–H and O–H groups in total. The number of unbranched alkanes of at least 4 members (excludes halogenated alkanes) is 6. The van der Waals surface area contributed by atoms with Gasteiger partial charge in [-0.2, -0.15) is 0 Å². The Kier molecular flexibility index (Phi) is 16.8. The van der Waals surface area contributed by atoms with Gasteiger partial charge in [-0.3, -0.25) is 0 Å². The molecule has 0 spiro atoms. The second-order valence-electron chi connectivity index (χ2n) is 9.72. The molecule has 0 aliphatic carbocycles. The summed E-state index contributed by atoms with van der Waals surface area (Å²) in [4.78, 5) is 12.3. The van der Waals surface area contributed by atoms with Gasteiger partial charge in [-0.05, 0) is 118 Å². The number of hydrogen-bond donors (Lipinski definition) is 0. The van der Waals surface area contributed by atoms with Gasteiger partial charge in [0, 0.05) is 7.14 Å². The maximum Gasteiger partial charge on any atom is 0.508 e. The lowest BCUT2D eigenvalue weighted by molar-refractivity contribution is 0.0508. The van der Waals surface area contributed by atoms with E-state index in [9.17, 15) is 4.79 Å². The third kappa shape index (κ3) is 13.1. The van der Waals surface area contributed by atoms with Crippen LogP contribution in [0.25, 0.3) is 0 Å². The molecule has 0 saturated carbocycles. The van der Waals surface area contributed by atoms with Gasteiger partial charge in [-0.25, -0.2) is 4.79 Å². The minimum absolute atomic E-state index is 0.404. The van der Waals surface area contributed by atoms with E-state index in [0.29, 0.717) is 25.0 Å². The van der Waals surface area contributed by atoms with Gasteiger partial charge in [-0.1, -0.05) is 89.5 Å². The molecular weight excluding hydrogens is 674 g/mol. The van der Waals surface area contributed by atoms with Gasteiger partial charge < -0.3 is 9.47 Å². The molecule has 0 fully saturated rings. The van der Waals surface area contributed by atoms with Crippen LogP contribution in [0.1, 0.15) is 114 Å². The van der Waals surface area contributed by atoms with Crippen molar-refractivity contribution in [3.63, 3.8) is 0 Å². The van der Waals surface area contributed by atoms with Crippen LogP contribution < -0.4 is 0 Å². The predicted octanol–water partition coefficient (Wildman–Crippen LogP) is 10.6. The Bertz CT molecular complexity index is 766. The molecule has 3 nitrogen and oxygen atoms in total. The Morgan fingerprint density at radius 3 is 1.36 bits per heavy atom. The van der Waals surface area contributed by atoms with Crippen molar-refractivity contribution in [2.24, 2.45) is 0 Å². The van der Waals surface area contributed by atoms with Gasteiger partial charge >= 0.3 is 6.16 Å². The molecule has 0 heterocycles. The molecule has 2 aromatic carbocycles. The first-order valence-electron chi connectivity index (χ1n) is 13.8. The monoisotopic (exact) mass is 718 g/mol. The predicted molar refractivity (Wildman–Crippen MR) is 168 cm³/mol. The third-order valence-electron chi connectivity index (χ3n) is 6.87. The zero-order valence-corrected chi connectivity index (χ0v) is 26.5. The first kappa shape index (κ1) is 31.4.